The van der Waals surface area contributed by atoms with Crippen LogP contribution in [0.15, 0.2) is 36.9 Å². The first kappa shape index (κ1) is 22.5. The maximum atomic E-state index is 10.9. The number of hydrogen-bond acceptors (Lipinski definition) is 9. The average molecular weight is 563 g/mol. The third-order valence-electron chi connectivity index (χ3n) is 4.75. The SMILES string of the molecule is O=P(O)(O)OC[C@H]1O[C@@H](n2cnc3c(NCc4ccc(I)cc4)ncnc32)[C@H](O)[C@@H]1O. The van der Waals surface area contributed by atoms with E-state index in [0.29, 0.717) is 23.5 Å². The number of rotatable bonds is 7. The molecule has 1 aliphatic rings. The quantitative estimate of drug-likeness (QED) is 0.203. The normalized spacial score (nSPS) is 24.0. The maximum Gasteiger partial charge on any atom is 0.469 e. The fourth-order valence-corrected chi connectivity index (χ4v) is 3.92. The van der Waals surface area contributed by atoms with Gasteiger partial charge in [0.15, 0.2) is 23.2 Å². The van der Waals surface area contributed by atoms with Gasteiger partial charge in [0.25, 0.3) is 0 Å². The first-order valence-electron chi connectivity index (χ1n) is 9.10. The zero-order chi connectivity index (χ0) is 22.2. The minimum Gasteiger partial charge on any atom is -0.387 e. The van der Waals surface area contributed by atoms with E-state index in [2.05, 4.69) is 47.4 Å². The Hall–Kier alpha value is -1.71. The van der Waals surface area contributed by atoms with Crippen LogP contribution in [0.4, 0.5) is 5.82 Å². The highest BCUT2D eigenvalue weighted by molar-refractivity contribution is 14.1. The van der Waals surface area contributed by atoms with Gasteiger partial charge in [0.2, 0.25) is 0 Å². The molecular weight excluding hydrogens is 544 g/mol. The second-order valence-corrected chi connectivity index (χ2v) is 9.34. The molecule has 0 bridgehead atoms. The lowest BCUT2D eigenvalue weighted by molar-refractivity contribution is -0.0504. The largest absolute Gasteiger partial charge is 0.469 e. The number of aliphatic hydroxyl groups excluding tert-OH is 2. The van der Waals surface area contributed by atoms with Gasteiger partial charge < -0.3 is 30.1 Å². The van der Waals surface area contributed by atoms with Crippen LogP contribution in [0.2, 0.25) is 0 Å². The molecule has 3 aromatic rings. The van der Waals surface area contributed by atoms with Crippen molar-refractivity contribution in [2.24, 2.45) is 0 Å². The number of nitrogens with zero attached hydrogens (tertiary/aromatic N) is 4. The number of anilines is 1. The number of aliphatic hydroxyl groups is 2. The van der Waals surface area contributed by atoms with Gasteiger partial charge >= 0.3 is 7.82 Å². The van der Waals surface area contributed by atoms with Gasteiger partial charge in [-0.2, -0.15) is 0 Å². The number of benzene rings is 1. The Labute approximate surface area is 189 Å². The number of nitrogens with one attached hydrogen (secondary N) is 1. The van der Waals surface area contributed by atoms with Crippen molar-refractivity contribution in [3.63, 3.8) is 0 Å². The predicted molar refractivity (Wildman–Crippen MR) is 116 cm³/mol. The molecule has 0 unspecified atom stereocenters. The summed E-state index contributed by atoms with van der Waals surface area (Å²) in [6.07, 6.45) is -2.31. The smallest absolute Gasteiger partial charge is 0.387 e. The first-order valence-corrected chi connectivity index (χ1v) is 11.7. The van der Waals surface area contributed by atoms with Crippen molar-refractivity contribution in [3.8, 4) is 0 Å². The lowest BCUT2D eigenvalue weighted by Crippen LogP contribution is -2.33. The van der Waals surface area contributed by atoms with E-state index in [0.717, 1.165) is 9.13 Å². The molecule has 1 aliphatic heterocycles. The summed E-state index contributed by atoms with van der Waals surface area (Å²) >= 11 is 2.23. The summed E-state index contributed by atoms with van der Waals surface area (Å²) in [6.45, 7) is -0.0810. The summed E-state index contributed by atoms with van der Waals surface area (Å²) in [5.41, 5.74) is 1.85. The summed E-state index contributed by atoms with van der Waals surface area (Å²) in [5.74, 6) is 0.483. The zero-order valence-corrected chi connectivity index (χ0v) is 18.9. The third-order valence-corrected chi connectivity index (χ3v) is 5.95. The van der Waals surface area contributed by atoms with Gasteiger partial charge in [-0.15, -0.1) is 0 Å². The highest BCUT2D eigenvalue weighted by Crippen LogP contribution is 2.39. The number of aromatic nitrogens is 4. The van der Waals surface area contributed by atoms with Crippen LogP contribution in [-0.4, -0.2) is 64.4 Å². The molecule has 3 heterocycles. The van der Waals surface area contributed by atoms with Gasteiger partial charge in [-0.1, -0.05) is 12.1 Å². The predicted octanol–water partition coefficient (Wildman–Crippen LogP) is 0.771. The Balaban J connectivity index is 1.53. The van der Waals surface area contributed by atoms with E-state index in [1.807, 2.05) is 24.3 Å². The number of imidazole rings is 1. The van der Waals surface area contributed by atoms with Crippen molar-refractivity contribution < 1.29 is 33.8 Å². The first-order chi connectivity index (χ1) is 14.7. The second kappa shape index (κ2) is 9.03. The van der Waals surface area contributed by atoms with Gasteiger partial charge in [-0.25, -0.2) is 19.5 Å². The lowest BCUT2D eigenvalue weighted by atomic mass is 10.1. The molecule has 0 aliphatic carbocycles. The average Bonchev–Trinajstić information content (AvgIpc) is 3.27. The Bertz CT molecular complexity index is 1110. The van der Waals surface area contributed by atoms with E-state index < -0.39 is 39.0 Å². The summed E-state index contributed by atoms with van der Waals surface area (Å²) < 4.78 is 23.5. The highest BCUT2D eigenvalue weighted by Gasteiger charge is 2.45. The van der Waals surface area contributed by atoms with Crippen molar-refractivity contribution in [1.82, 2.24) is 19.5 Å². The molecule has 14 heteroatoms. The summed E-state index contributed by atoms with van der Waals surface area (Å²) in [5, 5.41) is 23.8. The van der Waals surface area contributed by atoms with E-state index >= 15 is 0 Å². The van der Waals surface area contributed by atoms with Crippen molar-refractivity contribution >= 4 is 47.4 Å². The molecule has 0 saturated carbocycles. The van der Waals surface area contributed by atoms with Crippen LogP contribution >= 0.6 is 30.4 Å². The van der Waals surface area contributed by atoms with E-state index in [1.165, 1.54) is 17.2 Å². The van der Waals surface area contributed by atoms with Crippen LogP contribution in [0.3, 0.4) is 0 Å². The highest BCUT2D eigenvalue weighted by atomic mass is 127. The Morgan fingerprint density at radius 1 is 1.16 bits per heavy atom. The van der Waals surface area contributed by atoms with Crippen LogP contribution in [0.5, 0.6) is 0 Å². The number of fused-ring (bicyclic) bond motifs is 1. The number of hydrogen-bond donors (Lipinski definition) is 5. The molecule has 0 amide bonds. The minimum atomic E-state index is -4.75. The molecular formula is C17H19IN5O7P. The number of halogens is 1. The van der Waals surface area contributed by atoms with Crippen molar-refractivity contribution in [2.75, 3.05) is 11.9 Å². The molecule has 31 heavy (non-hydrogen) atoms. The van der Waals surface area contributed by atoms with Gasteiger partial charge in [-0.05, 0) is 40.3 Å². The zero-order valence-electron chi connectivity index (χ0n) is 15.8. The van der Waals surface area contributed by atoms with Crippen LogP contribution in [0, 0.1) is 3.57 Å². The summed E-state index contributed by atoms with van der Waals surface area (Å²) in [6, 6.07) is 7.99. The molecule has 4 atom stereocenters. The fourth-order valence-electron chi connectivity index (χ4n) is 3.22. The molecule has 12 nitrogen and oxygen atoms in total. The van der Waals surface area contributed by atoms with E-state index in [-0.39, 0.29) is 0 Å². The Morgan fingerprint density at radius 3 is 2.61 bits per heavy atom. The molecule has 4 rings (SSSR count). The standard InChI is InChI=1S/C17H19IN5O7P/c18-10-3-1-9(2-4-10)5-19-15-12-16(21-7-20-15)23(8-22-12)17-14(25)13(24)11(30-17)6-29-31(26,27)28/h1-4,7-8,11,13-14,17,24-25H,5-6H2,(H,19,20,21)(H2,26,27,28)/t11-,13-,14-,17-/m1/s1. The lowest BCUT2D eigenvalue weighted by Gasteiger charge is -2.16. The van der Waals surface area contributed by atoms with Crippen molar-refractivity contribution in [2.45, 2.75) is 31.1 Å². The number of phosphoric acid groups is 1. The molecule has 2 aromatic heterocycles. The molecule has 166 valence electrons. The topological polar surface area (TPSA) is 172 Å². The molecule has 5 N–H and O–H groups in total. The molecule has 1 fully saturated rings. The second-order valence-electron chi connectivity index (χ2n) is 6.86. The third kappa shape index (κ3) is 5.04. The molecule has 1 saturated heterocycles. The van der Waals surface area contributed by atoms with Crippen molar-refractivity contribution in [1.29, 1.82) is 0 Å². The van der Waals surface area contributed by atoms with E-state index in [1.54, 1.807) is 0 Å². The van der Waals surface area contributed by atoms with Crippen LogP contribution in [0.25, 0.3) is 11.2 Å². The molecule has 0 spiro atoms. The van der Waals surface area contributed by atoms with Gasteiger partial charge in [0.1, 0.15) is 24.6 Å². The molecule has 1 aromatic carbocycles. The van der Waals surface area contributed by atoms with Gasteiger partial charge in [0.05, 0.1) is 12.9 Å². The number of ether oxygens (including phenoxy) is 1. The fraction of sp³-hybridized carbons (Fsp3) is 0.353. The monoisotopic (exact) mass is 563 g/mol. The van der Waals surface area contributed by atoms with E-state index in [4.69, 9.17) is 14.5 Å². The van der Waals surface area contributed by atoms with Crippen LogP contribution in [-0.2, 0) is 20.4 Å². The van der Waals surface area contributed by atoms with Crippen molar-refractivity contribution in [3.05, 3.63) is 46.1 Å². The summed E-state index contributed by atoms with van der Waals surface area (Å²) in [4.78, 5) is 30.4. The Kier molecular flexibility index (Phi) is 6.55. The minimum absolute atomic E-state index is 0.355. The number of phosphoric ester groups is 1. The van der Waals surface area contributed by atoms with E-state index in [9.17, 15) is 14.8 Å². The molecule has 0 radical (unpaired) electrons. The summed E-state index contributed by atoms with van der Waals surface area (Å²) in [7, 11) is -4.75. The van der Waals surface area contributed by atoms with Crippen LogP contribution in [0.1, 0.15) is 11.8 Å². The Morgan fingerprint density at radius 2 is 1.90 bits per heavy atom. The van der Waals surface area contributed by atoms with Crippen LogP contribution < -0.4 is 5.32 Å². The van der Waals surface area contributed by atoms with Gasteiger partial charge in [-0.3, -0.25) is 9.09 Å². The van der Waals surface area contributed by atoms with Gasteiger partial charge in [0, 0.05) is 10.1 Å². The maximum absolute atomic E-state index is 10.9.